The SMILES string of the molecule is COc1cc(C(=O)N2CCC=C(N)C2)cc2nc(-c3cc4cc(C)sc4n3CC3CC3)n(C)c12. The van der Waals surface area contributed by atoms with E-state index in [1.54, 1.807) is 12.0 Å². The number of aromatic nitrogens is 3. The van der Waals surface area contributed by atoms with Crippen LogP contribution in [0.5, 0.6) is 5.75 Å². The number of carbonyl (C=O) groups excluding carboxylic acids is 1. The second-order valence-electron chi connectivity index (χ2n) is 9.54. The zero-order valence-electron chi connectivity index (χ0n) is 19.8. The van der Waals surface area contributed by atoms with Gasteiger partial charge in [0.05, 0.1) is 24.9 Å². The molecule has 7 nitrogen and oxygen atoms in total. The summed E-state index contributed by atoms with van der Waals surface area (Å²) >= 11 is 1.84. The van der Waals surface area contributed by atoms with E-state index in [9.17, 15) is 4.79 Å². The average Bonchev–Trinajstić information content (AvgIpc) is 3.38. The molecule has 1 fully saturated rings. The Bertz CT molecular complexity index is 1470. The molecule has 1 aliphatic heterocycles. The van der Waals surface area contributed by atoms with Gasteiger partial charge in [0, 0.05) is 41.7 Å². The number of thiophene rings is 1. The smallest absolute Gasteiger partial charge is 0.254 e. The number of carbonyl (C=O) groups is 1. The van der Waals surface area contributed by atoms with Crippen molar-refractivity contribution in [2.45, 2.75) is 32.7 Å². The van der Waals surface area contributed by atoms with Gasteiger partial charge in [-0.25, -0.2) is 4.98 Å². The maximum Gasteiger partial charge on any atom is 0.254 e. The fraction of sp³-hybridized carbons (Fsp3) is 0.385. The van der Waals surface area contributed by atoms with Crippen LogP contribution < -0.4 is 10.5 Å². The first-order chi connectivity index (χ1) is 16.4. The third-order valence-electron chi connectivity index (χ3n) is 6.93. The predicted molar refractivity (Wildman–Crippen MR) is 136 cm³/mol. The average molecular weight is 476 g/mol. The van der Waals surface area contributed by atoms with Crippen LogP contribution in [0.1, 0.15) is 34.5 Å². The number of ether oxygens (including phenoxy) is 1. The highest BCUT2D eigenvalue weighted by Gasteiger charge is 2.27. The summed E-state index contributed by atoms with van der Waals surface area (Å²) in [5.74, 6) is 2.25. The molecule has 1 amide bonds. The molecule has 0 saturated heterocycles. The van der Waals surface area contributed by atoms with Gasteiger partial charge in [0.1, 0.15) is 16.1 Å². The molecule has 4 heterocycles. The second-order valence-corrected chi connectivity index (χ2v) is 10.8. The van der Waals surface area contributed by atoms with Gasteiger partial charge >= 0.3 is 0 Å². The molecule has 2 aliphatic rings. The van der Waals surface area contributed by atoms with Gasteiger partial charge in [-0.2, -0.15) is 0 Å². The molecule has 0 atom stereocenters. The van der Waals surface area contributed by atoms with Crippen LogP contribution in [0.25, 0.3) is 32.8 Å². The second kappa shape index (κ2) is 7.91. The number of nitrogens with zero attached hydrogens (tertiary/aromatic N) is 4. The Balaban J connectivity index is 1.47. The minimum absolute atomic E-state index is 0.0449. The van der Waals surface area contributed by atoms with E-state index >= 15 is 0 Å². The number of fused-ring (bicyclic) bond motifs is 2. The lowest BCUT2D eigenvalue weighted by Gasteiger charge is -2.26. The van der Waals surface area contributed by atoms with Crippen LogP contribution in [0, 0.1) is 12.8 Å². The number of hydrogen-bond acceptors (Lipinski definition) is 5. The van der Waals surface area contributed by atoms with E-state index in [1.165, 1.54) is 27.9 Å². The molecule has 1 aliphatic carbocycles. The van der Waals surface area contributed by atoms with Gasteiger partial charge in [0.25, 0.3) is 5.91 Å². The first-order valence-electron chi connectivity index (χ1n) is 11.8. The molecule has 0 unspecified atom stereocenters. The number of hydrogen-bond donors (Lipinski definition) is 1. The number of methoxy groups -OCH3 is 1. The molecule has 4 aromatic rings. The largest absolute Gasteiger partial charge is 0.494 e. The van der Waals surface area contributed by atoms with Crippen LogP contribution in [0.4, 0.5) is 0 Å². The summed E-state index contributed by atoms with van der Waals surface area (Å²) in [6, 6.07) is 8.23. The molecule has 0 radical (unpaired) electrons. The summed E-state index contributed by atoms with van der Waals surface area (Å²) in [7, 11) is 3.67. The highest BCUT2D eigenvalue weighted by molar-refractivity contribution is 7.18. The van der Waals surface area contributed by atoms with Crippen molar-refractivity contribution in [2.24, 2.45) is 18.7 Å². The van der Waals surface area contributed by atoms with Crippen molar-refractivity contribution in [1.82, 2.24) is 19.0 Å². The first-order valence-corrected chi connectivity index (χ1v) is 12.6. The topological polar surface area (TPSA) is 78.3 Å². The Kier molecular flexibility index (Phi) is 4.95. The molecular formula is C26H29N5O2S. The summed E-state index contributed by atoms with van der Waals surface area (Å²) in [6.07, 6.45) is 5.35. The van der Waals surface area contributed by atoms with Crippen molar-refractivity contribution in [3.63, 3.8) is 0 Å². The zero-order valence-corrected chi connectivity index (χ0v) is 20.6. The minimum Gasteiger partial charge on any atom is -0.494 e. The van der Waals surface area contributed by atoms with Crippen LogP contribution in [-0.2, 0) is 13.6 Å². The van der Waals surface area contributed by atoms with Gasteiger partial charge in [-0.15, -0.1) is 11.3 Å². The van der Waals surface area contributed by atoms with E-state index in [-0.39, 0.29) is 5.91 Å². The third-order valence-corrected chi connectivity index (χ3v) is 8.01. The number of benzene rings is 1. The van der Waals surface area contributed by atoms with Gasteiger partial charge in [0.15, 0.2) is 5.82 Å². The van der Waals surface area contributed by atoms with E-state index in [1.807, 2.05) is 36.6 Å². The predicted octanol–water partition coefficient (Wildman–Crippen LogP) is 4.67. The van der Waals surface area contributed by atoms with Crippen LogP contribution in [0.15, 0.2) is 36.0 Å². The van der Waals surface area contributed by atoms with E-state index in [2.05, 4.69) is 28.2 Å². The van der Waals surface area contributed by atoms with E-state index in [0.29, 0.717) is 24.4 Å². The van der Waals surface area contributed by atoms with Crippen LogP contribution in [0.2, 0.25) is 0 Å². The molecular weight excluding hydrogens is 446 g/mol. The van der Waals surface area contributed by atoms with Crippen molar-refractivity contribution >= 4 is 38.5 Å². The monoisotopic (exact) mass is 475 g/mol. The summed E-state index contributed by atoms with van der Waals surface area (Å²) in [5, 5.41) is 1.27. The number of rotatable bonds is 5. The summed E-state index contributed by atoms with van der Waals surface area (Å²) in [4.78, 5) is 22.7. The van der Waals surface area contributed by atoms with E-state index in [0.717, 1.165) is 47.1 Å². The Morgan fingerprint density at radius 1 is 1.26 bits per heavy atom. The lowest BCUT2D eigenvalue weighted by Crippen LogP contribution is -2.37. The third kappa shape index (κ3) is 3.48. The van der Waals surface area contributed by atoms with Crippen molar-refractivity contribution in [2.75, 3.05) is 20.2 Å². The van der Waals surface area contributed by atoms with Crippen LogP contribution in [-0.4, -0.2) is 45.1 Å². The number of nitrogens with two attached hydrogens (primary N) is 1. The molecule has 6 rings (SSSR count). The van der Waals surface area contributed by atoms with Gasteiger partial charge in [-0.05, 0) is 56.4 Å². The molecule has 1 saturated carbocycles. The molecule has 3 aromatic heterocycles. The molecule has 176 valence electrons. The van der Waals surface area contributed by atoms with E-state index < -0.39 is 0 Å². The number of amides is 1. The Hall–Kier alpha value is -3.26. The highest BCUT2D eigenvalue weighted by atomic mass is 32.1. The lowest BCUT2D eigenvalue weighted by atomic mass is 10.1. The highest BCUT2D eigenvalue weighted by Crippen LogP contribution is 2.40. The minimum atomic E-state index is -0.0449. The van der Waals surface area contributed by atoms with Crippen LogP contribution >= 0.6 is 11.3 Å². The van der Waals surface area contributed by atoms with Crippen molar-refractivity contribution in [3.8, 4) is 17.3 Å². The molecule has 2 N–H and O–H groups in total. The van der Waals surface area contributed by atoms with Gasteiger partial charge in [-0.3, -0.25) is 4.79 Å². The quantitative estimate of drug-likeness (QED) is 0.455. The molecule has 8 heteroatoms. The first kappa shape index (κ1) is 21.3. The molecule has 34 heavy (non-hydrogen) atoms. The molecule has 0 spiro atoms. The van der Waals surface area contributed by atoms with Crippen molar-refractivity contribution < 1.29 is 9.53 Å². The Labute approximate surface area is 202 Å². The Morgan fingerprint density at radius 3 is 2.82 bits per heavy atom. The standard InChI is InChI=1S/C26H29N5O2S/c1-15-9-18-11-21(31(26(18)34-15)13-16-6-7-16)24-28-20-10-17(12-22(33-3)23(20)29(24)2)25(32)30-8-4-5-19(27)14-30/h5,9-12,16H,4,6-8,13-14,27H2,1-3H3. The fourth-order valence-corrected chi connectivity index (χ4v) is 6.05. The fourth-order valence-electron chi connectivity index (χ4n) is 5.04. The van der Waals surface area contributed by atoms with Gasteiger partial charge in [-0.1, -0.05) is 6.08 Å². The van der Waals surface area contributed by atoms with Crippen LogP contribution in [0.3, 0.4) is 0 Å². The van der Waals surface area contributed by atoms with Crippen molar-refractivity contribution in [3.05, 3.63) is 46.5 Å². The lowest BCUT2D eigenvalue weighted by molar-refractivity contribution is 0.0765. The molecule has 1 aromatic carbocycles. The number of aryl methyl sites for hydroxylation is 2. The van der Waals surface area contributed by atoms with Gasteiger partial charge in [0.2, 0.25) is 0 Å². The summed E-state index contributed by atoms with van der Waals surface area (Å²) in [6.45, 7) is 4.30. The zero-order chi connectivity index (χ0) is 23.6. The molecule has 0 bridgehead atoms. The van der Waals surface area contributed by atoms with Crippen molar-refractivity contribution in [1.29, 1.82) is 0 Å². The maximum atomic E-state index is 13.3. The Morgan fingerprint density at radius 2 is 2.09 bits per heavy atom. The number of imidazole rings is 1. The normalized spacial score (nSPS) is 16.4. The van der Waals surface area contributed by atoms with E-state index in [4.69, 9.17) is 15.5 Å². The summed E-state index contributed by atoms with van der Waals surface area (Å²) < 4.78 is 10.3. The summed E-state index contributed by atoms with van der Waals surface area (Å²) in [5.41, 5.74) is 10.1. The maximum absolute atomic E-state index is 13.3. The van der Waals surface area contributed by atoms with Gasteiger partial charge < -0.3 is 24.5 Å².